The molecule has 0 spiro atoms. The summed E-state index contributed by atoms with van der Waals surface area (Å²) in [4.78, 5) is 22.2. The van der Waals surface area contributed by atoms with E-state index in [4.69, 9.17) is 9.97 Å². The van der Waals surface area contributed by atoms with E-state index < -0.39 is 0 Å². The summed E-state index contributed by atoms with van der Waals surface area (Å²) < 4.78 is 1.79. The molecule has 0 aliphatic rings. The van der Waals surface area contributed by atoms with Crippen LogP contribution in [0.25, 0.3) is 16.9 Å². The molecule has 2 N–H and O–H groups in total. The molecule has 5 rings (SSSR count). The Morgan fingerprint density at radius 2 is 1.53 bits per heavy atom. The minimum atomic E-state index is -0.121. The van der Waals surface area contributed by atoms with E-state index in [0.29, 0.717) is 23.7 Å². The summed E-state index contributed by atoms with van der Waals surface area (Å²) in [6.45, 7) is 4.43. The molecule has 2 aromatic heterocycles. The molecule has 0 radical (unpaired) electrons. The number of nitrogens with zero attached hydrogens (tertiary/aromatic N) is 4. The Balaban J connectivity index is 1.40. The van der Waals surface area contributed by atoms with Gasteiger partial charge in [-0.1, -0.05) is 42.5 Å². The van der Waals surface area contributed by atoms with E-state index in [2.05, 4.69) is 15.7 Å². The van der Waals surface area contributed by atoms with E-state index in [0.717, 1.165) is 33.7 Å². The fourth-order valence-corrected chi connectivity index (χ4v) is 3.79. The largest absolute Gasteiger partial charge is 0.348 e. The highest BCUT2D eigenvalue weighted by molar-refractivity contribution is 5.94. The monoisotopic (exact) mass is 448 g/mol. The predicted octanol–water partition coefficient (Wildman–Crippen LogP) is 5.11. The molecule has 7 heteroatoms. The smallest absolute Gasteiger partial charge is 0.251 e. The van der Waals surface area contributed by atoms with Gasteiger partial charge in [0.25, 0.3) is 5.91 Å². The Morgan fingerprint density at radius 1 is 0.853 bits per heavy atom. The summed E-state index contributed by atoms with van der Waals surface area (Å²) in [5.74, 6) is 1.09. The van der Waals surface area contributed by atoms with E-state index in [-0.39, 0.29) is 5.91 Å². The number of amides is 1. The lowest BCUT2D eigenvalue weighted by Crippen LogP contribution is -2.22. The van der Waals surface area contributed by atoms with Crippen LogP contribution in [0.1, 0.15) is 27.3 Å². The molecule has 0 saturated heterocycles. The molecule has 1 amide bonds. The van der Waals surface area contributed by atoms with Crippen LogP contribution in [0.5, 0.6) is 0 Å². The molecule has 0 unspecified atom stereocenters. The maximum absolute atomic E-state index is 12.5. The van der Waals surface area contributed by atoms with E-state index >= 15 is 0 Å². The lowest BCUT2D eigenvalue weighted by Gasteiger charge is -2.13. The Labute approximate surface area is 197 Å². The van der Waals surface area contributed by atoms with Gasteiger partial charge in [0, 0.05) is 23.5 Å². The Bertz CT molecular complexity index is 1460. The average molecular weight is 449 g/mol. The zero-order valence-electron chi connectivity index (χ0n) is 19.0. The number of hydrogen-bond acceptors (Lipinski definition) is 5. The molecule has 3 aromatic carbocycles. The molecule has 0 bridgehead atoms. The zero-order valence-corrected chi connectivity index (χ0v) is 19.0. The highest BCUT2D eigenvalue weighted by atomic mass is 16.1. The number of aromatic nitrogens is 4. The number of hydrogen-bond donors (Lipinski definition) is 2. The molecule has 168 valence electrons. The van der Waals surface area contributed by atoms with Crippen LogP contribution in [0, 0.1) is 13.8 Å². The number of benzene rings is 3. The van der Waals surface area contributed by atoms with Crippen molar-refractivity contribution in [1.29, 1.82) is 0 Å². The van der Waals surface area contributed by atoms with Crippen LogP contribution >= 0.6 is 0 Å². The maximum Gasteiger partial charge on any atom is 0.251 e. The number of anilines is 2. The van der Waals surface area contributed by atoms with Crippen LogP contribution in [0.4, 0.5) is 11.5 Å². The molecule has 0 aliphatic carbocycles. The van der Waals surface area contributed by atoms with E-state index in [1.54, 1.807) is 16.8 Å². The SMILES string of the molecule is Cc1cc(C)n(-c2nc3ccccc3nc2Nc2ccc(C(=O)NCc3ccccc3)cc2)n1. The van der Waals surface area contributed by atoms with Crippen molar-refractivity contribution in [3.05, 3.63) is 107 Å². The van der Waals surface area contributed by atoms with Crippen LogP contribution in [0.15, 0.2) is 84.9 Å². The molecular weight excluding hydrogens is 424 g/mol. The molecule has 0 saturated carbocycles. The molecule has 7 nitrogen and oxygen atoms in total. The van der Waals surface area contributed by atoms with E-state index in [1.807, 2.05) is 86.6 Å². The van der Waals surface area contributed by atoms with Crippen LogP contribution in [0.2, 0.25) is 0 Å². The number of nitrogens with one attached hydrogen (secondary N) is 2. The van der Waals surface area contributed by atoms with E-state index in [9.17, 15) is 4.79 Å². The minimum absolute atomic E-state index is 0.121. The highest BCUT2D eigenvalue weighted by Crippen LogP contribution is 2.25. The van der Waals surface area contributed by atoms with Gasteiger partial charge in [-0.15, -0.1) is 0 Å². The molecule has 0 atom stereocenters. The van der Waals surface area contributed by atoms with Crippen LogP contribution in [0.3, 0.4) is 0 Å². The van der Waals surface area contributed by atoms with Crippen LogP contribution < -0.4 is 10.6 Å². The summed E-state index contributed by atoms with van der Waals surface area (Å²) in [7, 11) is 0. The van der Waals surface area contributed by atoms with Gasteiger partial charge >= 0.3 is 0 Å². The average Bonchev–Trinajstić information content (AvgIpc) is 3.20. The van der Waals surface area contributed by atoms with Gasteiger partial charge in [-0.05, 0) is 61.9 Å². The molecule has 0 aliphatic heterocycles. The number of rotatable bonds is 6. The summed E-state index contributed by atoms with van der Waals surface area (Å²) in [5, 5.41) is 10.9. The Morgan fingerprint density at radius 3 is 2.21 bits per heavy atom. The van der Waals surface area contributed by atoms with Crippen LogP contribution in [-0.2, 0) is 6.54 Å². The third-order valence-corrected chi connectivity index (χ3v) is 5.47. The molecule has 0 fully saturated rings. The van der Waals surface area contributed by atoms with Crippen molar-refractivity contribution in [2.24, 2.45) is 0 Å². The van der Waals surface area contributed by atoms with Crippen LogP contribution in [-0.4, -0.2) is 25.7 Å². The second-order valence-corrected chi connectivity index (χ2v) is 8.09. The third kappa shape index (κ3) is 4.49. The fraction of sp³-hybridized carbons (Fsp3) is 0.111. The zero-order chi connectivity index (χ0) is 23.5. The number of carbonyl (C=O) groups is 1. The Hall–Kier alpha value is -4.52. The van der Waals surface area contributed by atoms with Crippen molar-refractivity contribution >= 4 is 28.4 Å². The van der Waals surface area contributed by atoms with Crippen molar-refractivity contribution in [2.75, 3.05) is 5.32 Å². The van der Waals surface area contributed by atoms with Gasteiger partial charge in [0.05, 0.1) is 16.7 Å². The lowest BCUT2D eigenvalue weighted by atomic mass is 10.1. The second-order valence-electron chi connectivity index (χ2n) is 8.09. The van der Waals surface area contributed by atoms with Gasteiger partial charge in [0.15, 0.2) is 11.6 Å². The minimum Gasteiger partial charge on any atom is -0.348 e. The first-order chi connectivity index (χ1) is 16.6. The summed E-state index contributed by atoms with van der Waals surface area (Å²) >= 11 is 0. The van der Waals surface area contributed by atoms with Gasteiger partial charge in [-0.25, -0.2) is 14.6 Å². The van der Waals surface area contributed by atoms with Gasteiger partial charge < -0.3 is 10.6 Å². The number of carbonyl (C=O) groups excluding carboxylic acids is 1. The van der Waals surface area contributed by atoms with Gasteiger partial charge in [-0.3, -0.25) is 4.79 Å². The molecule has 34 heavy (non-hydrogen) atoms. The fourth-order valence-electron chi connectivity index (χ4n) is 3.79. The topological polar surface area (TPSA) is 84.7 Å². The van der Waals surface area contributed by atoms with Gasteiger partial charge in [-0.2, -0.15) is 5.10 Å². The first kappa shape index (κ1) is 21.3. The third-order valence-electron chi connectivity index (χ3n) is 5.47. The second kappa shape index (κ2) is 9.15. The Kier molecular flexibility index (Phi) is 5.74. The summed E-state index contributed by atoms with van der Waals surface area (Å²) in [5.41, 5.74) is 5.89. The highest BCUT2D eigenvalue weighted by Gasteiger charge is 2.15. The van der Waals surface area contributed by atoms with Crippen molar-refractivity contribution in [2.45, 2.75) is 20.4 Å². The van der Waals surface area contributed by atoms with E-state index in [1.165, 1.54) is 0 Å². The number of para-hydroxylation sites is 2. The van der Waals surface area contributed by atoms with Crippen molar-refractivity contribution in [3.63, 3.8) is 0 Å². The first-order valence-corrected chi connectivity index (χ1v) is 11.1. The molecular formula is C27H24N6O. The normalized spacial score (nSPS) is 10.9. The number of fused-ring (bicyclic) bond motifs is 1. The first-order valence-electron chi connectivity index (χ1n) is 11.1. The van der Waals surface area contributed by atoms with Crippen molar-refractivity contribution < 1.29 is 4.79 Å². The lowest BCUT2D eigenvalue weighted by molar-refractivity contribution is 0.0951. The standard InChI is InChI=1S/C27H24N6O/c1-18-16-19(2)33(32-18)26-25(30-23-10-6-7-11-24(23)31-26)29-22-14-12-21(13-15-22)27(34)28-17-20-8-4-3-5-9-20/h3-16H,17H2,1-2H3,(H,28,34)(H,29,30). The van der Waals surface area contributed by atoms with Crippen molar-refractivity contribution in [3.8, 4) is 5.82 Å². The quantitative estimate of drug-likeness (QED) is 0.377. The predicted molar refractivity (Wildman–Crippen MR) is 133 cm³/mol. The van der Waals surface area contributed by atoms with Gasteiger partial charge in [0.2, 0.25) is 0 Å². The maximum atomic E-state index is 12.5. The number of aryl methyl sites for hydroxylation is 2. The molecule has 2 heterocycles. The van der Waals surface area contributed by atoms with Gasteiger partial charge in [0.1, 0.15) is 0 Å². The van der Waals surface area contributed by atoms with Crippen molar-refractivity contribution in [1.82, 2.24) is 25.1 Å². The summed E-state index contributed by atoms with van der Waals surface area (Å²) in [6.07, 6.45) is 0. The summed E-state index contributed by atoms with van der Waals surface area (Å²) in [6, 6.07) is 26.9. The molecule has 5 aromatic rings.